The van der Waals surface area contributed by atoms with Crippen LogP contribution in [0.2, 0.25) is 0 Å². The highest BCUT2D eigenvalue weighted by Gasteiger charge is 2.40. The highest BCUT2D eigenvalue weighted by Crippen LogP contribution is 2.31. The largest absolute Gasteiger partial charge is 0.478 e. The molecule has 1 aromatic carbocycles. The van der Waals surface area contributed by atoms with E-state index in [0.29, 0.717) is 38.3 Å². The zero-order valence-corrected chi connectivity index (χ0v) is 22.0. The summed E-state index contributed by atoms with van der Waals surface area (Å²) in [5.74, 6) is 0.634. The van der Waals surface area contributed by atoms with Crippen LogP contribution in [0.5, 0.6) is 5.75 Å². The Balaban J connectivity index is 1.40. The Hall–Kier alpha value is -3.86. The average Bonchev–Trinajstić information content (AvgIpc) is 3.47. The lowest BCUT2D eigenvalue weighted by Gasteiger charge is -2.40. The summed E-state index contributed by atoms with van der Waals surface area (Å²) in [6.45, 7) is 6.21. The SMILES string of the molecule is Cc1ccc(OC(C)(CCCNC(=O)c2cnccc2C(F)(F)F)C(=O)N2CCN(C3=CC=C[NH2+]3)CC2)cc1. The van der Waals surface area contributed by atoms with E-state index in [1.54, 1.807) is 24.0 Å². The second-order valence-corrected chi connectivity index (χ2v) is 9.85. The number of piperazine rings is 1. The van der Waals surface area contributed by atoms with Gasteiger partial charge in [-0.15, -0.1) is 0 Å². The maximum absolute atomic E-state index is 13.8. The van der Waals surface area contributed by atoms with E-state index < -0.39 is 28.8 Å². The standard InChI is InChI=1S/C28H32F3N5O3/c1-20-6-8-21(9-7-20)39-27(2,26(38)36-17-15-35(16-18-36)24-5-3-12-33-24)11-4-13-34-25(37)22-19-32-14-10-23(22)28(29,30)31/h3,5-10,12,14,19,33H,4,11,13,15-18H2,1-2H3,(H,34,37)/p+1. The molecule has 8 nitrogen and oxygen atoms in total. The number of carbonyl (C=O) groups is 2. The quantitative estimate of drug-likeness (QED) is 0.474. The number of nitrogens with zero attached hydrogens (tertiary/aromatic N) is 3. The summed E-state index contributed by atoms with van der Waals surface area (Å²) in [6, 6.07) is 8.17. The number of halogens is 3. The number of pyridine rings is 1. The number of benzene rings is 1. The number of aryl methyl sites for hydroxylation is 1. The number of allylic oxidation sites excluding steroid dienone is 2. The smallest absolute Gasteiger partial charge is 0.417 e. The molecule has 208 valence electrons. The fraction of sp³-hybridized carbons (Fsp3) is 0.393. The zero-order valence-electron chi connectivity index (χ0n) is 22.0. The number of nitrogens with two attached hydrogens (primary N) is 1. The molecule has 39 heavy (non-hydrogen) atoms. The summed E-state index contributed by atoms with van der Waals surface area (Å²) in [5.41, 5.74) is -1.76. The van der Waals surface area contributed by atoms with Crippen molar-refractivity contribution in [2.75, 3.05) is 32.7 Å². The van der Waals surface area contributed by atoms with Crippen LogP contribution in [-0.2, 0) is 11.0 Å². The Bertz CT molecular complexity index is 1240. The molecule has 0 aliphatic carbocycles. The van der Waals surface area contributed by atoms with E-state index >= 15 is 0 Å². The van der Waals surface area contributed by atoms with Gasteiger partial charge < -0.3 is 19.9 Å². The maximum Gasteiger partial charge on any atom is 0.417 e. The van der Waals surface area contributed by atoms with Crippen LogP contribution in [0.1, 0.15) is 41.3 Å². The van der Waals surface area contributed by atoms with E-state index in [1.807, 2.05) is 42.7 Å². The third-order valence-corrected chi connectivity index (χ3v) is 6.88. The number of carbonyl (C=O) groups excluding carboxylic acids is 2. The van der Waals surface area contributed by atoms with Crippen LogP contribution in [0.15, 0.2) is 66.9 Å². The van der Waals surface area contributed by atoms with Gasteiger partial charge in [0.2, 0.25) is 5.82 Å². The number of quaternary nitrogens is 1. The molecule has 2 aliphatic heterocycles. The predicted octanol–water partition coefficient (Wildman–Crippen LogP) is 2.83. The van der Waals surface area contributed by atoms with Gasteiger partial charge in [-0.1, -0.05) is 17.7 Å². The van der Waals surface area contributed by atoms with Crippen molar-refractivity contribution in [2.24, 2.45) is 0 Å². The minimum atomic E-state index is -4.67. The first kappa shape index (κ1) is 28.2. The van der Waals surface area contributed by atoms with Crippen LogP contribution in [0, 0.1) is 6.92 Å². The van der Waals surface area contributed by atoms with Gasteiger partial charge in [-0.3, -0.25) is 19.9 Å². The summed E-state index contributed by atoms with van der Waals surface area (Å²) in [7, 11) is 0. The molecule has 1 saturated heterocycles. The van der Waals surface area contributed by atoms with Crippen LogP contribution in [0.4, 0.5) is 13.2 Å². The van der Waals surface area contributed by atoms with Gasteiger partial charge >= 0.3 is 6.18 Å². The molecule has 2 aromatic rings. The van der Waals surface area contributed by atoms with Gasteiger partial charge in [0.1, 0.15) is 5.75 Å². The molecule has 0 radical (unpaired) electrons. The molecule has 3 heterocycles. The predicted molar refractivity (Wildman–Crippen MR) is 138 cm³/mol. The first-order chi connectivity index (χ1) is 18.6. The van der Waals surface area contributed by atoms with Crippen molar-refractivity contribution in [3.05, 3.63) is 83.6 Å². The average molecular weight is 545 g/mol. The number of ether oxygens (including phenoxy) is 1. The van der Waals surface area contributed by atoms with Crippen molar-refractivity contribution in [3.8, 4) is 5.75 Å². The lowest BCUT2D eigenvalue weighted by atomic mass is 9.96. The van der Waals surface area contributed by atoms with E-state index in [4.69, 9.17) is 4.74 Å². The highest BCUT2D eigenvalue weighted by atomic mass is 19.4. The number of hydrogen-bond donors (Lipinski definition) is 2. The van der Waals surface area contributed by atoms with Gasteiger partial charge in [0, 0.05) is 51.2 Å². The molecule has 0 saturated carbocycles. The second-order valence-electron chi connectivity index (χ2n) is 9.85. The molecule has 2 aliphatic rings. The zero-order chi connectivity index (χ0) is 28.0. The van der Waals surface area contributed by atoms with E-state index in [1.165, 1.54) is 0 Å². The van der Waals surface area contributed by atoms with E-state index in [2.05, 4.69) is 15.2 Å². The minimum absolute atomic E-state index is 0.0654. The molecule has 4 rings (SSSR count). The van der Waals surface area contributed by atoms with Gasteiger partial charge in [0.25, 0.3) is 11.8 Å². The van der Waals surface area contributed by atoms with E-state index in [9.17, 15) is 22.8 Å². The summed E-state index contributed by atoms with van der Waals surface area (Å²) in [4.78, 5) is 33.9. The Morgan fingerprint density at radius 1 is 1.10 bits per heavy atom. The molecule has 1 fully saturated rings. The van der Waals surface area contributed by atoms with Crippen molar-refractivity contribution in [3.63, 3.8) is 0 Å². The Morgan fingerprint density at radius 2 is 1.82 bits per heavy atom. The summed E-state index contributed by atoms with van der Waals surface area (Å²) >= 11 is 0. The fourth-order valence-corrected chi connectivity index (χ4v) is 4.69. The van der Waals surface area contributed by atoms with Crippen LogP contribution in [0.25, 0.3) is 0 Å². The number of amides is 2. The van der Waals surface area contributed by atoms with Crippen LogP contribution in [0.3, 0.4) is 0 Å². The molecular weight excluding hydrogens is 511 g/mol. The van der Waals surface area contributed by atoms with Crippen molar-refractivity contribution in [1.82, 2.24) is 20.1 Å². The molecule has 2 amide bonds. The second kappa shape index (κ2) is 11.9. The molecule has 1 unspecified atom stereocenters. The van der Waals surface area contributed by atoms with Crippen molar-refractivity contribution in [2.45, 2.75) is 38.5 Å². The van der Waals surface area contributed by atoms with Crippen LogP contribution >= 0.6 is 0 Å². The number of hydrogen-bond acceptors (Lipinski definition) is 5. The Morgan fingerprint density at radius 3 is 2.46 bits per heavy atom. The summed E-state index contributed by atoms with van der Waals surface area (Å²) in [5, 5.41) is 4.57. The van der Waals surface area contributed by atoms with Gasteiger partial charge in [-0.2, -0.15) is 13.2 Å². The minimum Gasteiger partial charge on any atom is -0.478 e. The highest BCUT2D eigenvalue weighted by molar-refractivity contribution is 5.95. The van der Waals surface area contributed by atoms with Crippen LogP contribution in [-0.4, -0.2) is 64.9 Å². The Kier molecular flexibility index (Phi) is 8.59. The van der Waals surface area contributed by atoms with Gasteiger partial charge in [0.15, 0.2) is 5.60 Å². The van der Waals surface area contributed by atoms with Gasteiger partial charge in [0.05, 0.1) is 17.3 Å². The van der Waals surface area contributed by atoms with Gasteiger partial charge in [-0.05, 0) is 51.0 Å². The molecule has 11 heteroatoms. The van der Waals surface area contributed by atoms with E-state index in [-0.39, 0.29) is 18.9 Å². The molecular formula is C28H33F3N5O3+. The van der Waals surface area contributed by atoms with E-state index in [0.717, 1.165) is 29.8 Å². The molecule has 3 N–H and O–H groups in total. The van der Waals surface area contributed by atoms with Gasteiger partial charge in [-0.25, -0.2) is 0 Å². The number of nitrogens with one attached hydrogen (secondary N) is 1. The normalized spacial score (nSPS) is 17.0. The lowest BCUT2D eigenvalue weighted by Crippen LogP contribution is -2.78. The summed E-state index contributed by atoms with van der Waals surface area (Å²) < 4.78 is 46.1. The van der Waals surface area contributed by atoms with Crippen molar-refractivity contribution < 1.29 is 32.8 Å². The molecule has 0 spiro atoms. The lowest BCUT2D eigenvalue weighted by molar-refractivity contribution is -0.549. The molecule has 1 aromatic heterocycles. The first-order valence-electron chi connectivity index (χ1n) is 12.9. The number of rotatable bonds is 9. The van der Waals surface area contributed by atoms with Crippen LogP contribution < -0.4 is 15.4 Å². The van der Waals surface area contributed by atoms with Crippen molar-refractivity contribution >= 4 is 11.8 Å². The monoisotopic (exact) mass is 544 g/mol. The number of alkyl halides is 3. The third kappa shape index (κ3) is 6.97. The molecule has 1 atom stereocenters. The third-order valence-electron chi connectivity index (χ3n) is 6.88. The van der Waals surface area contributed by atoms with Crippen molar-refractivity contribution in [1.29, 1.82) is 0 Å². The summed E-state index contributed by atoms with van der Waals surface area (Å²) in [6.07, 6.45) is 3.80. The maximum atomic E-state index is 13.8. The first-order valence-corrected chi connectivity index (χ1v) is 12.9. The molecule has 0 bridgehead atoms. The Labute approximate surface area is 225 Å². The topological polar surface area (TPSA) is 91.4 Å². The fourth-order valence-electron chi connectivity index (χ4n) is 4.69. The number of aromatic nitrogens is 1.